The summed E-state index contributed by atoms with van der Waals surface area (Å²) in [7, 11) is 0. The van der Waals surface area contributed by atoms with E-state index in [-0.39, 0.29) is 23.2 Å². The molecule has 8 heteroatoms. The number of carbonyl (C=O) groups excluding carboxylic acids is 2. The molecule has 0 aliphatic carbocycles. The van der Waals surface area contributed by atoms with Gasteiger partial charge in [-0.25, -0.2) is 4.79 Å². The lowest BCUT2D eigenvalue weighted by Crippen LogP contribution is -2.35. The summed E-state index contributed by atoms with van der Waals surface area (Å²) in [6.07, 6.45) is 6.66. The van der Waals surface area contributed by atoms with E-state index in [9.17, 15) is 19.7 Å². The highest BCUT2D eigenvalue weighted by atomic mass is 35.5. The predicted molar refractivity (Wildman–Crippen MR) is 93.1 cm³/mol. The van der Waals surface area contributed by atoms with Gasteiger partial charge < -0.3 is 9.64 Å². The van der Waals surface area contributed by atoms with Gasteiger partial charge in [0.25, 0.3) is 11.6 Å². The number of benzene rings is 1. The third-order valence-corrected chi connectivity index (χ3v) is 4.20. The molecule has 0 spiro atoms. The molecule has 1 fully saturated rings. The van der Waals surface area contributed by atoms with E-state index in [4.69, 9.17) is 16.3 Å². The normalized spacial score (nSPS) is 15.0. The number of halogens is 1. The van der Waals surface area contributed by atoms with E-state index in [1.165, 1.54) is 18.2 Å². The molecular weight excluding hydrogens is 348 g/mol. The Kier molecular flexibility index (Phi) is 6.94. The summed E-state index contributed by atoms with van der Waals surface area (Å²) in [5.41, 5.74) is 0.195. The van der Waals surface area contributed by atoms with E-state index in [1.54, 1.807) is 11.0 Å². The van der Waals surface area contributed by atoms with E-state index in [1.807, 2.05) is 0 Å². The minimum atomic E-state index is -0.680. The van der Waals surface area contributed by atoms with E-state index >= 15 is 0 Å². The van der Waals surface area contributed by atoms with Gasteiger partial charge in [-0.2, -0.15) is 0 Å². The molecule has 1 amide bonds. The van der Waals surface area contributed by atoms with Crippen molar-refractivity contribution in [1.29, 1.82) is 0 Å². The van der Waals surface area contributed by atoms with Crippen LogP contribution in [-0.4, -0.2) is 41.4 Å². The monoisotopic (exact) mass is 366 g/mol. The van der Waals surface area contributed by atoms with Crippen LogP contribution in [0, 0.1) is 10.1 Å². The van der Waals surface area contributed by atoms with Crippen molar-refractivity contribution in [2.45, 2.75) is 25.7 Å². The molecule has 1 heterocycles. The van der Waals surface area contributed by atoms with Crippen molar-refractivity contribution in [3.63, 3.8) is 0 Å². The fourth-order valence-electron chi connectivity index (χ4n) is 2.53. The fraction of sp³-hybridized carbons (Fsp3) is 0.412. The Morgan fingerprint density at radius 1 is 1.24 bits per heavy atom. The second kappa shape index (κ2) is 9.17. The summed E-state index contributed by atoms with van der Waals surface area (Å²) in [5.74, 6) is -0.883. The molecule has 0 N–H and O–H groups in total. The lowest BCUT2D eigenvalue weighted by atomic mass is 10.2. The van der Waals surface area contributed by atoms with Crippen LogP contribution in [0.3, 0.4) is 0 Å². The van der Waals surface area contributed by atoms with Crippen molar-refractivity contribution in [3.8, 4) is 0 Å². The molecule has 0 saturated carbocycles. The van der Waals surface area contributed by atoms with Gasteiger partial charge in [-0.05, 0) is 30.5 Å². The Morgan fingerprint density at radius 3 is 2.56 bits per heavy atom. The van der Waals surface area contributed by atoms with Crippen LogP contribution >= 0.6 is 11.6 Å². The summed E-state index contributed by atoms with van der Waals surface area (Å²) in [6.45, 7) is 1.09. The van der Waals surface area contributed by atoms with Gasteiger partial charge in [-0.1, -0.05) is 30.5 Å². The molecular formula is C17H19ClN2O5. The molecule has 134 valence electrons. The molecule has 0 atom stereocenters. The minimum absolute atomic E-state index is 0.0211. The maximum Gasteiger partial charge on any atom is 0.331 e. The van der Waals surface area contributed by atoms with Crippen LogP contribution in [0.5, 0.6) is 0 Å². The number of nitrogens with zero attached hydrogens (tertiary/aromatic N) is 2. The zero-order valence-corrected chi connectivity index (χ0v) is 14.4. The first-order valence-corrected chi connectivity index (χ1v) is 8.42. The molecule has 1 saturated heterocycles. The Bertz CT molecular complexity index is 682. The molecule has 1 aromatic rings. The molecule has 0 bridgehead atoms. The Labute approximate surface area is 150 Å². The maximum atomic E-state index is 12.0. The molecule has 1 aliphatic rings. The highest BCUT2D eigenvalue weighted by Crippen LogP contribution is 2.25. The van der Waals surface area contributed by atoms with Gasteiger partial charge >= 0.3 is 5.97 Å². The quantitative estimate of drug-likeness (QED) is 0.345. The third kappa shape index (κ3) is 5.86. The second-order valence-electron chi connectivity index (χ2n) is 5.70. The van der Waals surface area contributed by atoms with Crippen LogP contribution in [0.2, 0.25) is 5.02 Å². The number of hydrogen-bond donors (Lipinski definition) is 0. The zero-order chi connectivity index (χ0) is 18.2. The van der Waals surface area contributed by atoms with Gasteiger partial charge in [-0.3, -0.25) is 14.9 Å². The van der Waals surface area contributed by atoms with Gasteiger partial charge in [0, 0.05) is 25.2 Å². The van der Waals surface area contributed by atoms with Gasteiger partial charge in [0.2, 0.25) is 0 Å². The highest BCUT2D eigenvalue weighted by Gasteiger charge is 2.16. The number of ether oxygens (including phenoxy) is 1. The first-order valence-electron chi connectivity index (χ1n) is 8.04. The van der Waals surface area contributed by atoms with Gasteiger partial charge in [-0.15, -0.1) is 0 Å². The SMILES string of the molecule is O=C(/C=C/c1ccc(Cl)c([N+](=O)[O-])c1)OCC(=O)N1CCCCCC1. The van der Waals surface area contributed by atoms with E-state index < -0.39 is 10.9 Å². The molecule has 1 aromatic carbocycles. The van der Waals surface area contributed by atoms with Crippen molar-refractivity contribution in [1.82, 2.24) is 4.90 Å². The van der Waals surface area contributed by atoms with E-state index in [0.29, 0.717) is 18.7 Å². The number of amides is 1. The molecule has 25 heavy (non-hydrogen) atoms. The summed E-state index contributed by atoms with van der Waals surface area (Å²) < 4.78 is 4.94. The lowest BCUT2D eigenvalue weighted by Gasteiger charge is -2.19. The molecule has 2 rings (SSSR count). The van der Waals surface area contributed by atoms with Gasteiger partial charge in [0.15, 0.2) is 6.61 Å². The first kappa shape index (κ1) is 18.9. The zero-order valence-electron chi connectivity index (χ0n) is 13.7. The Morgan fingerprint density at radius 2 is 1.92 bits per heavy atom. The number of nitro benzene ring substituents is 1. The molecule has 0 unspecified atom stereocenters. The van der Waals surface area contributed by atoms with Crippen molar-refractivity contribution in [3.05, 3.63) is 45.0 Å². The Hall–Kier alpha value is -2.41. The van der Waals surface area contributed by atoms with Gasteiger partial charge in [0.05, 0.1) is 4.92 Å². The van der Waals surface area contributed by atoms with E-state index in [2.05, 4.69) is 0 Å². The predicted octanol–water partition coefficient (Wildman–Crippen LogP) is 3.21. The number of likely N-dealkylation sites (tertiary alicyclic amines) is 1. The average Bonchev–Trinajstić information content (AvgIpc) is 2.88. The molecule has 0 radical (unpaired) electrons. The summed E-state index contributed by atoms with van der Waals surface area (Å²) >= 11 is 5.72. The number of rotatable bonds is 5. The van der Waals surface area contributed by atoms with Crippen LogP contribution in [-0.2, 0) is 14.3 Å². The molecule has 0 aromatic heterocycles. The van der Waals surface area contributed by atoms with Crippen molar-refractivity contribution >= 4 is 35.2 Å². The van der Waals surface area contributed by atoms with Gasteiger partial charge in [0.1, 0.15) is 5.02 Å². The summed E-state index contributed by atoms with van der Waals surface area (Å²) in [6, 6.07) is 4.18. The van der Waals surface area contributed by atoms with Crippen molar-refractivity contribution in [2.24, 2.45) is 0 Å². The fourth-order valence-corrected chi connectivity index (χ4v) is 2.72. The number of nitro groups is 1. The van der Waals surface area contributed by atoms with Crippen molar-refractivity contribution in [2.75, 3.05) is 19.7 Å². The van der Waals surface area contributed by atoms with E-state index in [0.717, 1.165) is 31.8 Å². The van der Waals surface area contributed by atoms with Crippen molar-refractivity contribution < 1.29 is 19.2 Å². The second-order valence-corrected chi connectivity index (χ2v) is 6.11. The standard InChI is InChI=1S/C17H19ClN2O5/c18-14-7-5-13(11-15(14)20(23)24)6-8-17(22)25-12-16(21)19-9-3-1-2-4-10-19/h5-8,11H,1-4,9-10,12H2/b8-6+. The first-order chi connectivity index (χ1) is 12.0. The largest absolute Gasteiger partial charge is 0.452 e. The molecule has 1 aliphatic heterocycles. The maximum absolute atomic E-state index is 12.0. The topological polar surface area (TPSA) is 89.7 Å². The minimum Gasteiger partial charge on any atom is -0.452 e. The number of carbonyl (C=O) groups is 2. The van der Waals surface area contributed by atoms with Crippen LogP contribution < -0.4 is 0 Å². The lowest BCUT2D eigenvalue weighted by molar-refractivity contribution is -0.384. The summed E-state index contributed by atoms with van der Waals surface area (Å²) in [4.78, 5) is 35.7. The van der Waals surface area contributed by atoms with Crippen LogP contribution in [0.25, 0.3) is 6.08 Å². The van der Waals surface area contributed by atoms with Crippen LogP contribution in [0.15, 0.2) is 24.3 Å². The highest BCUT2D eigenvalue weighted by molar-refractivity contribution is 6.32. The Balaban J connectivity index is 1.87. The number of esters is 1. The summed E-state index contributed by atoms with van der Waals surface area (Å²) in [5, 5.41) is 10.8. The van der Waals surface area contributed by atoms with Crippen LogP contribution in [0.1, 0.15) is 31.2 Å². The average molecular weight is 367 g/mol. The number of hydrogen-bond acceptors (Lipinski definition) is 5. The molecule has 7 nitrogen and oxygen atoms in total. The van der Waals surface area contributed by atoms with Crippen LogP contribution in [0.4, 0.5) is 5.69 Å². The third-order valence-electron chi connectivity index (χ3n) is 3.88. The smallest absolute Gasteiger partial charge is 0.331 e.